The number of ether oxygens (including phenoxy) is 2. The molecule has 1 amide bonds. The SMILES string of the molecule is COc1ccc(C(C#N)N2CCN(C(=O)c3cccc(OCC(C)C)c3)CC2)cc1. The van der Waals surface area contributed by atoms with Crippen LogP contribution in [0.5, 0.6) is 11.5 Å². The van der Waals surface area contributed by atoms with Crippen molar-refractivity contribution in [1.82, 2.24) is 9.80 Å². The van der Waals surface area contributed by atoms with Gasteiger partial charge in [-0.3, -0.25) is 9.69 Å². The van der Waals surface area contributed by atoms with Gasteiger partial charge in [0.25, 0.3) is 5.91 Å². The monoisotopic (exact) mass is 407 g/mol. The molecule has 0 bridgehead atoms. The third-order valence-corrected chi connectivity index (χ3v) is 5.18. The van der Waals surface area contributed by atoms with Crippen LogP contribution in [0.1, 0.15) is 35.8 Å². The van der Waals surface area contributed by atoms with Gasteiger partial charge in [0.2, 0.25) is 0 Å². The van der Waals surface area contributed by atoms with E-state index in [9.17, 15) is 10.1 Å². The van der Waals surface area contributed by atoms with E-state index < -0.39 is 0 Å². The van der Waals surface area contributed by atoms with Crippen LogP contribution in [0.25, 0.3) is 0 Å². The zero-order chi connectivity index (χ0) is 21.5. The van der Waals surface area contributed by atoms with Crippen LogP contribution in [0, 0.1) is 17.2 Å². The lowest BCUT2D eigenvalue weighted by atomic mass is 10.1. The summed E-state index contributed by atoms with van der Waals surface area (Å²) in [5.41, 5.74) is 1.57. The number of carbonyl (C=O) groups is 1. The molecule has 1 aliphatic rings. The van der Waals surface area contributed by atoms with E-state index in [2.05, 4.69) is 24.8 Å². The van der Waals surface area contributed by atoms with Crippen molar-refractivity contribution < 1.29 is 14.3 Å². The van der Waals surface area contributed by atoms with Crippen molar-refractivity contribution in [3.63, 3.8) is 0 Å². The van der Waals surface area contributed by atoms with Crippen molar-refractivity contribution in [1.29, 1.82) is 5.26 Å². The van der Waals surface area contributed by atoms with Gasteiger partial charge in [-0.1, -0.05) is 32.0 Å². The molecule has 1 aliphatic heterocycles. The van der Waals surface area contributed by atoms with Gasteiger partial charge in [-0.25, -0.2) is 0 Å². The van der Waals surface area contributed by atoms with E-state index in [1.54, 1.807) is 7.11 Å². The molecule has 1 fully saturated rings. The first-order chi connectivity index (χ1) is 14.5. The van der Waals surface area contributed by atoms with Gasteiger partial charge in [-0.2, -0.15) is 5.26 Å². The molecule has 1 unspecified atom stereocenters. The Morgan fingerprint density at radius 1 is 1.07 bits per heavy atom. The Balaban J connectivity index is 1.61. The van der Waals surface area contributed by atoms with Crippen molar-refractivity contribution in [2.45, 2.75) is 19.9 Å². The highest BCUT2D eigenvalue weighted by atomic mass is 16.5. The first kappa shape index (κ1) is 21.7. The van der Waals surface area contributed by atoms with Crippen LogP contribution < -0.4 is 9.47 Å². The molecular weight excluding hydrogens is 378 g/mol. The minimum absolute atomic E-state index is 0.00241. The fraction of sp³-hybridized carbons (Fsp3) is 0.417. The number of rotatable bonds is 7. The molecule has 30 heavy (non-hydrogen) atoms. The van der Waals surface area contributed by atoms with Crippen LogP contribution in [0.15, 0.2) is 48.5 Å². The predicted molar refractivity (Wildman–Crippen MR) is 116 cm³/mol. The smallest absolute Gasteiger partial charge is 0.254 e. The second-order valence-corrected chi connectivity index (χ2v) is 7.87. The van der Waals surface area contributed by atoms with E-state index in [0.29, 0.717) is 44.3 Å². The largest absolute Gasteiger partial charge is 0.497 e. The average Bonchev–Trinajstić information content (AvgIpc) is 2.79. The normalized spacial score (nSPS) is 15.5. The number of piperazine rings is 1. The highest BCUT2D eigenvalue weighted by Gasteiger charge is 2.27. The molecular formula is C24H29N3O3. The lowest BCUT2D eigenvalue weighted by molar-refractivity contribution is 0.0606. The number of methoxy groups -OCH3 is 1. The Morgan fingerprint density at radius 3 is 2.37 bits per heavy atom. The molecule has 2 aromatic carbocycles. The highest BCUT2D eigenvalue weighted by molar-refractivity contribution is 5.94. The summed E-state index contributed by atoms with van der Waals surface area (Å²) in [5, 5.41) is 9.71. The number of hydrogen-bond donors (Lipinski definition) is 0. The predicted octanol–water partition coefficient (Wildman–Crippen LogP) is 3.75. The molecule has 3 rings (SSSR count). The molecule has 0 N–H and O–H groups in total. The van der Waals surface area contributed by atoms with Crippen LogP contribution in [0.2, 0.25) is 0 Å². The average molecular weight is 408 g/mol. The van der Waals surface area contributed by atoms with Crippen molar-refractivity contribution in [2.75, 3.05) is 39.9 Å². The van der Waals surface area contributed by atoms with Crippen LogP contribution in [0.4, 0.5) is 0 Å². The Morgan fingerprint density at radius 2 is 1.77 bits per heavy atom. The molecule has 0 aromatic heterocycles. The minimum Gasteiger partial charge on any atom is -0.497 e. The van der Waals surface area contributed by atoms with E-state index >= 15 is 0 Å². The lowest BCUT2D eigenvalue weighted by Crippen LogP contribution is -2.49. The van der Waals surface area contributed by atoms with Gasteiger partial charge >= 0.3 is 0 Å². The standard InChI is InChI=1S/C24H29N3O3/c1-18(2)17-30-22-6-4-5-20(15-22)24(28)27-13-11-26(12-14-27)23(16-25)19-7-9-21(29-3)10-8-19/h4-10,15,18,23H,11-14,17H2,1-3H3. The van der Waals surface area contributed by atoms with Gasteiger partial charge in [-0.05, 0) is 41.8 Å². The Labute approximate surface area is 178 Å². The molecule has 1 atom stereocenters. The van der Waals surface area contributed by atoms with Crippen LogP contribution in [-0.2, 0) is 0 Å². The van der Waals surface area contributed by atoms with E-state index in [0.717, 1.165) is 17.1 Å². The van der Waals surface area contributed by atoms with Crippen LogP contribution >= 0.6 is 0 Å². The molecule has 0 spiro atoms. The highest BCUT2D eigenvalue weighted by Crippen LogP contribution is 2.24. The molecule has 0 saturated carbocycles. The Hall–Kier alpha value is -3.04. The van der Waals surface area contributed by atoms with E-state index in [1.807, 2.05) is 53.4 Å². The van der Waals surface area contributed by atoms with E-state index in [4.69, 9.17) is 9.47 Å². The third-order valence-electron chi connectivity index (χ3n) is 5.18. The van der Waals surface area contributed by atoms with Crippen molar-refractivity contribution >= 4 is 5.91 Å². The maximum absolute atomic E-state index is 12.9. The number of hydrogen-bond acceptors (Lipinski definition) is 5. The second kappa shape index (κ2) is 10.1. The second-order valence-electron chi connectivity index (χ2n) is 7.87. The zero-order valence-corrected chi connectivity index (χ0v) is 17.9. The van der Waals surface area contributed by atoms with Gasteiger partial charge in [0, 0.05) is 31.7 Å². The van der Waals surface area contributed by atoms with Crippen molar-refractivity contribution in [3.8, 4) is 17.6 Å². The summed E-state index contributed by atoms with van der Waals surface area (Å²) in [5.74, 6) is 1.92. The first-order valence-electron chi connectivity index (χ1n) is 10.3. The maximum atomic E-state index is 12.9. The number of nitriles is 1. The molecule has 158 valence electrons. The molecule has 6 heteroatoms. The Bertz CT molecular complexity index is 881. The fourth-order valence-electron chi connectivity index (χ4n) is 3.50. The van der Waals surface area contributed by atoms with E-state index in [-0.39, 0.29) is 11.9 Å². The molecule has 1 heterocycles. The van der Waals surface area contributed by atoms with Crippen molar-refractivity contribution in [3.05, 3.63) is 59.7 Å². The minimum atomic E-state index is -0.332. The summed E-state index contributed by atoms with van der Waals surface area (Å²) >= 11 is 0. The molecule has 2 aromatic rings. The van der Waals surface area contributed by atoms with Gasteiger partial charge in [0.15, 0.2) is 0 Å². The molecule has 1 saturated heterocycles. The number of benzene rings is 2. The summed E-state index contributed by atoms with van der Waals surface area (Å²) in [7, 11) is 1.62. The summed E-state index contributed by atoms with van der Waals surface area (Å²) < 4.78 is 10.9. The zero-order valence-electron chi connectivity index (χ0n) is 17.9. The molecule has 0 aliphatic carbocycles. The first-order valence-corrected chi connectivity index (χ1v) is 10.3. The topological polar surface area (TPSA) is 65.8 Å². The Kier molecular flexibility index (Phi) is 7.31. The summed E-state index contributed by atoms with van der Waals surface area (Å²) in [6.07, 6.45) is 0. The number of carbonyl (C=O) groups excluding carboxylic acids is 1. The third kappa shape index (κ3) is 5.31. The van der Waals surface area contributed by atoms with Crippen LogP contribution in [0.3, 0.4) is 0 Å². The van der Waals surface area contributed by atoms with Crippen LogP contribution in [-0.4, -0.2) is 55.6 Å². The lowest BCUT2D eigenvalue weighted by Gasteiger charge is -2.37. The van der Waals surface area contributed by atoms with Gasteiger partial charge in [0.1, 0.15) is 17.5 Å². The van der Waals surface area contributed by atoms with Gasteiger partial charge in [-0.15, -0.1) is 0 Å². The number of nitrogens with zero attached hydrogens (tertiary/aromatic N) is 3. The summed E-state index contributed by atoms with van der Waals surface area (Å²) in [6, 6.07) is 17.0. The van der Waals surface area contributed by atoms with E-state index in [1.165, 1.54) is 0 Å². The fourth-order valence-corrected chi connectivity index (χ4v) is 3.50. The quantitative estimate of drug-likeness (QED) is 0.699. The van der Waals surface area contributed by atoms with Gasteiger partial charge < -0.3 is 14.4 Å². The summed E-state index contributed by atoms with van der Waals surface area (Å²) in [6.45, 7) is 7.29. The van der Waals surface area contributed by atoms with Crippen molar-refractivity contribution in [2.24, 2.45) is 5.92 Å². The number of amides is 1. The summed E-state index contributed by atoms with van der Waals surface area (Å²) in [4.78, 5) is 16.9. The molecule has 0 radical (unpaired) electrons. The maximum Gasteiger partial charge on any atom is 0.254 e. The van der Waals surface area contributed by atoms with Gasteiger partial charge in [0.05, 0.1) is 19.8 Å². The molecule has 6 nitrogen and oxygen atoms in total.